The van der Waals surface area contributed by atoms with Crippen LogP contribution in [0.3, 0.4) is 0 Å². The van der Waals surface area contributed by atoms with Gasteiger partial charge in [-0.3, -0.25) is 20.2 Å². The molecule has 1 heterocycles. The van der Waals surface area contributed by atoms with Gasteiger partial charge in [-0.15, -0.1) is 0 Å². The first-order valence-corrected chi connectivity index (χ1v) is 2.32. The van der Waals surface area contributed by atoms with Gasteiger partial charge in [-0.05, 0) is 0 Å². The van der Waals surface area contributed by atoms with Crippen LogP contribution in [-0.2, 0) is 9.59 Å². The molecule has 0 aromatic rings. The standard InChI is InChI=1S/C4H4N2O3.2Na.2H/c7-2-1-3(8)6-4(9)5-2;;;;/h1H2,(H2,5,6,7,8,9);;;;/q;2*+1;2*-1. The van der Waals surface area contributed by atoms with Gasteiger partial charge in [0.15, 0.2) is 0 Å². The number of amides is 4. The zero-order valence-corrected chi connectivity index (χ0v) is 10.4. The minimum Gasteiger partial charge on any atom is -1.00 e. The number of urea groups is 1. The third-order valence-electron chi connectivity index (χ3n) is 0.827. The normalized spacial score (nSPS) is 15.5. The summed E-state index contributed by atoms with van der Waals surface area (Å²) in [5.41, 5.74) is 0. The van der Waals surface area contributed by atoms with Crippen molar-refractivity contribution in [2.24, 2.45) is 0 Å². The van der Waals surface area contributed by atoms with Crippen LogP contribution in [0.15, 0.2) is 0 Å². The Kier molecular flexibility index (Phi) is 7.93. The van der Waals surface area contributed by atoms with E-state index >= 15 is 0 Å². The first-order chi connectivity index (χ1) is 4.18. The van der Waals surface area contributed by atoms with Crippen LogP contribution in [-0.4, -0.2) is 17.8 Å². The van der Waals surface area contributed by atoms with Gasteiger partial charge in [-0.25, -0.2) is 4.79 Å². The molecule has 0 atom stereocenters. The van der Waals surface area contributed by atoms with E-state index in [4.69, 9.17) is 0 Å². The Morgan fingerprint density at radius 2 is 1.36 bits per heavy atom. The monoisotopic (exact) mass is 176 g/mol. The fourth-order valence-corrected chi connectivity index (χ4v) is 0.519. The van der Waals surface area contributed by atoms with Gasteiger partial charge in [0.1, 0.15) is 6.42 Å². The molecule has 0 unspecified atom stereocenters. The molecule has 1 fully saturated rings. The summed E-state index contributed by atoms with van der Waals surface area (Å²) in [6, 6.07) is -0.740. The van der Waals surface area contributed by atoms with E-state index in [-0.39, 0.29) is 68.4 Å². The molecule has 4 amide bonds. The van der Waals surface area contributed by atoms with Gasteiger partial charge in [-0.2, -0.15) is 0 Å². The van der Waals surface area contributed by atoms with E-state index in [1.54, 1.807) is 0 Å². The van der Waals surface area contributed by atoms with Crippen molar-refractivity contribution in [2.75, 3.05) is 0 Å². The second-order valence-corrected chi connectivity index (χ2v) is 1.60. The van der Waals surface area contributed by atoms with Crippen LogP contribution in [0.2, 0.25) is 0 Å². The molecule has 5 nitrogen and oxygen atoms in total. The van der Waals surface area contributed by atoms with E-state index in [2.05, 4.69) is 0 Å². The van der Waals surface area contributed by atoms with E-state index in [0.29, 0.717) is 0 Å². The van der Waals surface area contributed by atoms with Gasteiger partial charge >= 0.3 is 65.1 Å². The van der Waals surface area contributed by atoms with Crippen molar-refractivity contribution in [2.45, 2.75) is 6.42 Å². The molecule has 1 aliphatic rings. The molecule has 7 heteroatoms. The van der Waals surface area contributed by atoms with Gasteiger partial charge in [0.05, 0.1) is 0 Å². The smallest absolute Gasteiger partial charge is 1.00 e. The maximum atomic E-state index is 10.3. The molecule has 11 heavy (non-hydrogen) atoms. The van der Waals surface area contributed by atoms with Gasteiger partial charge in [-0.1, -0.05) is 0 Å². The van der Waals surface area contributed by atoms with Crippen molar-refractivity contribution in [3.8, 4) is 0 Å². The van der Waals surface area contributed by atoms with Gasteiger partial charge in [0.2, 0.25) is 11.8 Å². The minimum absolute atomic E-state index is 0. The zero-order chi connectivity index (χ0) is 6.85. The van der Waals surface area contributed by atoms with Crippen LogP contribution < -0.4 is 69.7 Å². The number of carbonyl (C=O) groups excluding carboxylic acids is 3. The molecular weight excluding hydrogens is 170 g/mol. The number of nitrogens with one attached hydrogen (secondary N) is 2. The molecule has 0 aromatic carbocycles. The Balaban J connectivity index is -0.000000101. The molecule has 0 spiro atoms. The minimum atomic E-state index is -0.740. The molecule has 1 aliphatic heterocycles. The number of hydrogen-bond donors (Lipinski definition) is 2. The van der Waals surface area contributed by atoms with Gasteiger partial charge < -0.3 is 2.85 Å². The quantitative estimate of drug-likeness (QED) is 0.284. The second kappa shape index (κ2) is 6.16. The van der Waals surface area contributed by atoms with E-state index in [9.17, 15) is 14.4 Å². The maximum absolute atomic E-state index is 10.3. The van der Waals surface area contributed by atoms with Crippen LogP contribution in [0.4, 0.5) is 4.79 Å². The van der Waals surface area contributed by atoms with Crippen LogP contribution in [0.5, 0.6) is 0 Å². The molecule has 2 N–H and O–H groups in total. The Morgan fingerprint density at radius 3 is 1.64 bits per heavy atom. The SMILES string of the molecule is O=C1CC(=O)NC(=O)N1.[H-].[H-].[Na+].[Na+]. The summed E-state index contributed by atoms with van der Waals surface area (Å²) in [7, 11) is 0. The molecule has 0 aromatic heterocycles. The third kappa shape index (κ3) is 4.95. The summed E-state index contributed by atoms with van der Waals surface area (Å²) < 4.78 is 0. The maximum Gasteiger partial charge on any atom is 1.00 e. The number of hydrogen-bond acceptors (Lipinski definition) is 3. The first kappa shape index (κ1) is 14.2. The van der Waals surface area contributed by atoms with Crippen molar-refractivity contribution >= 4 is 17.8 Å². The van der Waals surface area contributed by atoms with Gasteiger partial charge in [0, 0.05) is 0 Å². The Hall–Kier alpha value is 0.610. The largest absolute Gasteiger partial charge is 1.00 e. The summed E-state index contributed by atoms with van der Waals surface area (Å²) in [4.78, 5) is 30.8. The fraction of sp³-hybridized carbons (Fsp3) is 0.250. The number of barbiturate groups is 1. The van der Waals surface area contributed by atoms with E-state index in [0.717, 1.165) is 0 Å². The second-order valence-electron chi connectivity index (χ2n) is 1.60. The van der Waals surface area contributed by atoms with Crippen molar-refractivity contribution in [1.29, 1.82) is 0 Å². The van der Waals surface area contributed by atoms with Crippen molar-refractivity contribution in [3.63, 3.8) is 0 Å². The molecule has 0 radical (unpaired) electrons. The predicted molar refractivity (Wildman–Crippen MR) is 28.5 cm³/mol. The number of carbonyl (C=O) groups is 3. The van der Waals surface area contributed by atoms with Crippen molar-refractivity contribution in [3.05, 3.63) is 0 Å². The molecule has 0 aliphatic carbocycles. The van der Waals surface area contributed by atoms with Crippen molar-refractivity contribution in [1.82, 2.24) is 10.6 Å². The number of imide groups is 2. The Morgan fingerprint density at radius 1 is 1.00 bits per heavy atom. The molecular formula is C4H6N2Na2O3. The topological polar surface area (TPSA) is 75.3 Å². The molecule has 0 saturated carbocycles. The fourth-order valence-electron chi connectivity index (χ4n) is 0.519. The summed E-state index contributed by atoms with van der Waals surface area (Å²) in [5.74, 6) is -1.10. The molecule has 52 valence electrons. The van der Waals surface area contributed by atoms with E-state index < -0.39 is 17.8 Å². The van der Waals surface area contributed by atoms with E-state index in [1.807, 2.05) is 10.6 Å². The summed E-state index contributed by atoms with van der Waals surface area (Å²) >= 11 is 0. The van der Waals surface area contributed by atoms with Crippen LogP contribution in [0, 0.1) is 0 Å². The average molecular weight is 176 g/mol. The van der Waals surface area contributed by atoms with Crippen LogP contribution in [0.25, 0.3) is 0 Å². The molecule has 0 bridgehead atoms. The summed E-state index contributed by atoms with van der Waals surface area (Å²) in [5, 5.41) is 3.80. The van der Waals surface area contributed by atoms with Gasteiger partial charge in [0.25, 0.3) is 0 Å². The van der Waals surface area contributed by atoms with E-state index in [1.165, 1.54) is 0 Å². The van der Waals surface area contributed by atoms with Crippen molar-refractivity contribution < 1.29 is 76.4 Å². The Labute approximate surface area is 110 Å². The van der Waals surface area contributed by atoms with Crippen LogP contribution >= 0.6 is 0 Å². The summed E-state index contributed by atoms with van der Waals surface area (Å²) in [6.45, 7) is 0. The van der Waals surface area contributed by atoms with Crippen LogP contribution in [0.1, 0.15) is 9.27 Å². The predicted octanol–water partition coefficient (Wildman–Crippen LogP) is -7.02. The molecule has 1 saturated heterocycles. The third-order valence-corrected chi connectivity index (χ3v) is 0.827. The zero-order valence-electron chi connectivity index (χ0n) is 8.43. The Bertz CT molecular complexity index is 157. The first-order valence-electron chi connectivity index (χ1n) is 2.32. The summed E-state index contributed by atoms with van der Waals surface area (Å²) in [6.07, 6.45) is -0.258. The average Bonchev–Trinajstić information content (AvgIpc) is 1.59. The molecule has 1 rings (SSSR count). The number of rotatable bonds is 0.